The average molecular weight is 426 g/mol. The standard InChI is InChI=1S/C18H27N5O3S2/c1-12(2)11-15(22-28(25,26)14-7-5-13(3)6-8-14)17(24)19-10-9-16-20-21-18(27)23(16)4/h5-8,12,15,22H,9-11H2,1-4H3,(H,19,24)(H,21,27). The highest BCUT2D eigenvalue weighted by Crippen LogP contribution is 2.13. The summed E-state index contributed by atoms with van der Waals surface area (Å²) in [5, 5.41) is 9.57. The van der Waals surface area contributed by atoms with Gasteiger partial charge in [-0.2, -0.15) is 9.82 Å². The van der Waals surface area contributed by atoms with Crippen molar-refractivity contribution in [1.29, 1.82) is 0 Å². The first-order valence-electron chi connectivity index (χ1n) is 9.07. The molecule has 0 aliphatic carbocycles. The maximum Gasteiger partial charge on any atom is 0.241 e. The van der Waals surface area contributed by atoms with E-state index in [1.54, 1.807) is 23.7 Å². The summed E-state index contributed by atoms with van der Waals surface area (Å²) in [7, 11) is -2.00. The van der Waals surface area contributed by atoms with Gasteiger partial charge in [0.2, 0.25) is 15.9 Å². The normalized spacial score (nSPS) is 12.9. The molecule has 1 amide bonds. The van der Waals surface area contributed by atoms with Crippen molar-refractivity contribution in [2.75, 3.05) is 6.54 Å². The van der Waals surface area contributed by atoms with Crippen LogP contribution in [-0.2, 0) is 28.3 Å². The predicted octanol–water partition coefficient (Wildman–Crippen LogP) is 1.84. The van der Waals surface area contributed by atoms with Crippen molar-refractivity contribution in [1.82, 2.24) is 24.8 Å². The van der Waals surface area contributed by atoms with Gasteiger partial charge in [0, 0.05) is 20.0 Å². The molecule has 0 fully saturated rings. The summed E-state index contributed by atoms with van der Waals surface area (Å²) in [5.74, 6) is 0.496. The number of aryl methyl sites for hydroxylation is 1. The zero-order valence-corrected chi connectivity index (χ0v) is 18.2. The average Bonchev–Trinajstić information content (AvgIpc) is 2.93. The molecule has 0 radical (unpaired) electrons. The summed E-state index contributed by atoms with van der Waals surface area (Å²) < 4.78 is 30.1. The SMILES string of the molecule is Cc1ccc(S(=O)(=O)NC(CC(C)C)C(=O)NCCc2n[nH]c(=S)n2C)cc1. The molecule has 0 aliphatic rings. The van der Waals surface area contributed by atoms with Crippen molar-refractivity contribution in [3.05, 3.63) is 40.4 Å². The molecule has 1 aromatic heterocycles. The maximum atomic E-state index is 12.7. The number of carbonyl (C=O) groups is 1. The Morgan fingerprint density at radius 2 is 1.93 bits per heavy atom. The number of rotatable bonds is 9. The topological polar surface area (TPSA) is 109 Å². The van der Waals surface area contributed by atoms with E-state index in [-0.39, 0.29) is 16.7 Å². The Labute approximate surface area is 170 Å². The van der Waals surface area contributed by atoms with Gasteiger partial charge in [0.1, 0.15) is 11.9 Å². The second kappa shape index (κ2) is 9.44. The van der Waals surface area contributed by atoms with Crippen molar-refractivity contribution in [2.24, 2.45) is 13.0 Å². The summed E-state index contributed by atoms with van der Waals surface area (Å²) in [6.45, 7) is 6.09. The van der Waals surface area contributed by atoms with Crippen LogP contribution in [0.1, 0.15) is 31.7 Å². The quantitative estimate of drug-likeness (QED) is 0.531. The Morgan fingerprint density at radius 1 is 1.29 bits per heavy atom. The van der Waals surface area contributed by atoms with Gasteiger partial charge in [0.05, 0.1) is 4.90 Å². The fourth-order valence-corrected chi connectivity index (χ4v) is 4.04. The Morgan fingerprint density at radius 3 is 2.46 bits per heavy atom. The fraction of sp³-hybridized carbons (Fsp3) is 0.500. The van der Waals surface area contributed by atoms with Gasteiger partial charge in [-0.05, 0) is 43.6 Å². The Bertz CT molecular complexity index is 962. The summed E-state index contributed by atoms with van der Waals surface area (Å²) in [6.07, 6.45) is 0.873. The number of amides is 1. The van der Waals surface area contributed by atoms with Crippen LogP contribution in [0.4, 0.5) is 0 Å². The van der Waals surface area contributed by atoms with Crippen molar-refractivity contribution in [2.45, 2.75) is 44.6 Å². The van der Waals surface area contributed by atoms with Crippen molar-refractivity contribution >= 4 is 28.1 Å². The molecule has 2 aromatic rings. The minimum absolute atomic E-state index is 0.140. The van der Waals surface area contributed by atoms with Crippen LogP contribution in [-0.4, -0.2) is 41.7 Å². The lowest BCUT2D eigenvalue weighted by Crippen LogP contribution is -2.47. The number of aromatic nitrogens is 3. The summed E-state index contributed by atoms with van der Waals surface area (Å²) in [6, 6.07) is 5.67. The minimum atomic E-state index is -3.79. The lowest BCUT2D eigenvalue weighted by Gasteiger charge is -2.20. The number of benzene rings is 1. The number of hydrogen-bond donors (Lipinski definition) is 3. The van der Waals surface area contributed by atoms with Crippen molar-refractivity contribution in [3.8, 4) is 0 Å². The molecule has 1 atom stereocenters. The van der Waals surface area contributed by atoms with E-state index in [0.717, 1.165) is 5.56 Å². The molecule has 10 heteroatoms. The Kier molecular flexibility index (Phi) is 7.50. The van der Waals surface area contributed by atoms with Gasteiger partial charge in [0.25, 0.3) is 0 Å². The number of sulfonamides is 1. The first-order valence-corrected chi connectivity index (χ1v) is 11.0. The lowest BCUT2D eigenvalue weighted by molar-refractivity contribution is -0.123. The van der Waals surface area contributed by atoms with Crippen LogP contribution >= 0.6 is 12.2 Å². The molecule has 1 heterocycles. The number of H-pyrrole nitrogens is 1. The number of nitrogens with zero attached hydrogens (tertiary/aromatic N) is 2. The van der Waals surface area contributed by atoms with E-state index >= 15 is 0 Å². The van der Waals surface area contributed by atoms with Gasteiger partial charge in [-0.1, -0.05) is 31.5 Å². The van der Waals surface area contributed by atoms with Crippen molar-refractivity contribution in [3.63, 3.8) is 0 Å². The van der Waals surface area contributed by atoms with Gasteiger partial charge in [-0.3, -0.25) is 9.89 Å². The molecule has 0 saturated carbocycles. The zero-order chi connectivity index (χ0) is 20.9. The predicted molar refractivity (Wildman–Crippen MR) is 110 cm³/mol. The highest BCUT2D eigenvalue weighted by Gasteiger charge is 2.26. The molecule has 154 valence electrons. The van der Waals surface area contributed by atoms with E-state index in [1.165, 1.54) is 12.1 Å². The smallest absolute Gasteiger partial charge is 0.241 e. The monoisotopic (exact) mass is 425 g/mol. The molecule has 1 unspecified atom stereocenters. The van der Waals surface area contributed by atoms with E-state index in [9.17, 15) is 13.2 Å². The van der Waals surface area contributed by atoms with Gasteiger partial charge in [-0.15, -0.1) is 0 Å². The third kappa shape index (κ3) is 5.98. The number of carbonyl (C=O) groups excluding carboxylic acids is 1. The number of aromatic amines is 1. The Hall–Kier alpha value is -2.04. The summed E-state index contributed by atoms with van der Waals surface area (Å²) >= 11 is 5.06. The van der Waals surface area contributed by atoms with Crippen LogP contribution in [0.25, 0.3) is 0 Å². The van der Waals surface area contributed by atoms with Crippen LogP contribution in [0, 0.1) is 17.6 Å². The van der Waals surface area contributed by atoms with Crippen LogP contribution in [0.2, 0.25) is 0 Å². The van der Waals surface area contributed by atoms with Gasteiger partial charge in [-0.25, -0.2) is 8.42 Å². The fourth-order valence-electron chi connectivity index (χ4n) is 2.68. The van der Waals surface area contributed by atoms with E-state index in [2.05, 4.69) is 20.2 Å². The first kappa shape index (κ1) is 22.3. The molecular formula is C18H27N5O3S2. The third-order valence-corrected chi connectivity index (χ3v) is 6.13. The number of nitrogens with one attached hydrogen (secondary N) is 3. The summed E-state index contributed by atoms with van der Waals surface area (Å²) in [4.78, 5) is 12.8. The zero-order valence-electron chi connectivity index (χ0n) is 16.5. The van der Waals surface area contributed by atoms with E-state index < -0.39 is 16.1 Å². The second-order valence-electron chi connectivity index (χ2n) is 7.16. The molecule has 0 spiro atoms. The van der Waals surface area contributed by atoms with Gasteiger partial charge in [0.15, 0.2) is 4.77 Å². The largest absolute Gasteiger partial charge is 0.354 e. The van der Waals surface area contributed by atoms with E-state index in [1.807, 2.05) is 20.8 Å². The molecule has 28 heavy (non-hydrogen) atoms. The van der Waals surface area contributed by atoms with Crippen LogP contribution in [0.3, 0.4) is 0 Å². The Balaban J connectivity index is 2.05. The minimum Gasteiger partial charge on any atom is -0.354 e. The van der Waals surface area contributed by atoms with Crippen LogP contribution < -0.4 is 10.0 Å². The molecule has 8 nitrogen and oxygen atoms in total. The highest BCUT2D eigenvalue weighted by molar-refractivity contribution is 7.89. The molecule has 2 rings (SSSR count). The maximum absolute atomic E-state index is 12.7. The molecule has 3 N–H and O–H groups in total. The van der Waals surface area contributed by atoms with E-state index in [4.69, 9.17) is 12.2 Å². The highest BCUT2D eigenvalue weighted by atomic mass is 32.2. The lowest BCUT2D eigenvalue weighted by atomic mass is 10.0. The number of hydrogen-bond acceptors (Lipinski definition) is 5. The molecule has 0 aliphatic heterocycles. The second-order valence-corrected chi connectivity index (χ2v) is 9.26. The first-order chi connectivity index (χ1) is 13.1. The van der Waals surface area contributed by atoms with Gasteiger partial charge >= 0.3 is 0 Å². The van der Waals surface area contributed by atoms with E-state index in [0.29, 0.717) is 30.0 Å². The molecule has 0 saturated heterocycles. The molecule has 1 aromatic carbocycles. The third-order valence-electron chi connectivity index (χ3n) is 4.27. The van der Waals surface area contributed by atoms with Crippen LogP contribution in [0.5, 0.6) is 0 Å². The molecular weight excluding hydrogens is 398 g/mol. The van der Waals surface area contributed by atoms with Crippen LogP contribution in [0.15, 0.2) is 29.2 Å². The van der Waals surface area contributed by atoms with Gasteiger partial charge < -0.3 is 9.88 Å². The summed E-state index contributed by atoms with van der Waals surface area (Å²) in [5.41, 5.74) is 0.962. The molecule has 0 bridgehead atoms. The van der Waals surface area contributed by atoms with Crippen molar-refractivity contribution < 1.29 is 13.2 Å².